The van der Waals surface area contributed by atoms with Crippen LogP contribution in [0.4, 0.5) is 0 Å². The fourth-order valence-corrected chi connectivity index (χ4v) is 4.44. The van der Waals surface area contributed by atoms with Crippen LogP contribution < -0.4 is 4.74 Å². The molecular weight excluding hydrogens is 410 g/mol. The van der Waals surface area contributed by atoms with Crippen molar-refractivity contribution in [2.45, 2.75) is 52.0 Å². The summed E-state index contributed by atoms with van der Waals surface area (Å²) in [4.78, 5) is 10.6. The normalized spacial score (nSPS) is 11.5. The molecule has 4 rings (SSSR count). The van der Waals surface area contributed by atoms with Gasteiger partial charge in [0.1, 0.15) is 0 Å². The van der Waals surface area contributed by atoms with E-state index in [1.807, 2.05) is 12.2 Å². The summed E-state index contributed by atoms with van der Waals surface area (Å²) < 4.78 is 7.29. The zero-order chi connectivity index (χ0) is 23.0. The molecule has 0 aliphatic heterocycles. The molecule has 1 heterocycles. The molecule has 170 valence electrons. The van der Waals surface area contributed by atoms with Gasteiger partial charge in [0.05, 0.1) is 0 Å². The van der Waals surface area contributed by atoms with Crippen molar-refractivity contribution in [1.29, 1.82) is 0 Å². The maximum atomic E-state index is 10.6. The largest absolute Gasteiger partial charge is 0.504 e. The van der Waals surface area contributed by atoms with Crippen molar-refractivity contribution >= 4 is 40.4 Å². The Labute approximate surface area is 195 Å². The highest BCUT2D eigenvalue weighted by atomic mass is 16.5. The Morgan fingerprint density at radius 3 is 2.33 bits per heavy atom. The van der Waals surface area contributed by atoms with Gasteiger partial charge in [0.2, 0.25) is 0 Å². The molecule has 0 saturated heterocycles. The minimum absolute atomic E-state index is 0.0566. The lowest BCUT2D eigenvalue weighted by molar-refractivity contribution is -0.120. The number of benzene rings is 3. The molecule has 0 spiro atoms. The number of aromatic hydroxyl groups is 1. The van der Waals surface area contributed by atoms with E-state index in [1.54, 1.807) is 12.1 Å². The standard InChI is InChI=1S/C29H31NO3/c1-2-3-4-5-6-9-18-30-26-11-8-7-10-24(26)25-19-22(14-16-27(25)30)12-13-23-15-17-28(32)29(20-23)33-21-31/h7-8,10-17,19-21,32H,2-6,9,18H2,1H3. The van der Waals surface area contributed by atoms with Gasteiger partial charge in [0, 0.05) is 28.4 Å². The second kappa shape index (κ2) is 10.9. The summed E-state index contributed by atoms with van der Waals surface area (Å²) in [5, 5.41) is 12.3. The summed E-state index contributed by atoms with van der Waals surface area (Å²) in [5.41, 5.74) is 4.50. The van der Waals surface area contributed by atoms with Gasteiger partial charge in [0.15, 0.2) is 11.5 Å². The van der Waals surface area contributed by atoms with E-state index in [2.05, 4.69) is 54.0 Å². The van der Waals surface area contributed by atoms with Crippen LogP contribution in [-0.4, -0.2) is 16.1 Å². The number of hydrogen-bond acceptors (Lipinski definition) is 3. The molecule has 1 N–H and O–H groups in total. The molecule has 0 fully saturated rings. The van der Waals surface area contributed by atoms with Crippen LogP contribution in [-0.2, 0) is 11.3 Å². The molecule has 0 bridgehead atoms. The molecule has 4 aromatic rings. The van der Waals surface area contributed by atoms with Gasteiger partial charge in [-0.25, -0.2) is 0 Å². The Balaban J connectivity index is 1.59. The van der Waals surface area contributed by atoms with E-state index >= 15 is 0 Å². The van der Waals surface area contributed by atoms with Gasteiger partial charge in [-0.2, -0.15) is 0 Å². The van der Waals surface area contributed by atoms with Crippen LogP contribution in [0.25, 0.3) is 34.0 Å². The maximum absolute atomic E-state index is 10.6. The fraction of sp³-hybridized carbons (Fsp3) is 0.276. The van der Waals surface area contributed by atoms with E-state index in [0.717, 1.165) is 17.7 Å². The van der Waals surface area contributed by atoms with E-state index in [0.29, 0.717) is 6.47 Å². The summed E-state index contributed by atoms with van der Waals surface area (Å²) in [6.45, 7) is 3.61. The molecule has 0 amide bonds. The van der Waals surface area contributed by atoms with Crippen LogP contribution >= 0.6 is 0 Å². The number of ether oxygens (including phenoxy) is 1. The number of carbonyl (C=O) groups excluding carboxylic acids is 1. The Morgan fingerprint density at radius 1 is 0.818 bits per heavy atom. The van der Waals surface area contributed by atoms with Crippen LogP contribution in [0.15, 0.2) is 60.7 Å². The van der Waals surface area contributed by atoms with Crippen LogP contribution in [0.2, 0.25) is 0 Å². The highest BCUT2D eigenvalue weighted by Crippen LogP contribution is 2.31. The average molecular weight is 442 g/mol. The van der Waals surface area contributed by atoms with E-state index in [1.165, 1.54) is 66.4 Å². The Morgan fingerprint density at radius 2 is 1.52 bits per heavy atom. The first-order valence-electron chi connectivity index (χ1n) is 11.8. The monoisotopic (exact) mass is 441 g/mol. The third-order valence-corrected chi connectivity index (χ3v) is 6.16. The Kier molecular flexibility index (Phi) is 7.46. The lowest BCUT2D eigenvalue weighted by Crippen LogP contribution is -1.97. The van der Waals surface area contributed by atoms with E-state index in [4.69, 9.17) is 4.74 Å². The molecule has 1 aromatic heterocycles. The van der Waals surface area contributed by atoms with Crippen molar-refractivity contribution in [3.8, 4) is 11.5 Å². The second-order valence-electron chi connectivity index (χ2n) is 8.49. The number of rotatable bonds is 11. The number of phenolic OH excluding ortho intramolecular Hbond substituents is 1. The summed E-state index contributed by atoms with van der Waals surface area (Å²) in [6, 6.07) is 20.2. The van der Waals surface area contributed by atoms with Crippen LogP contribution in [0.1, 0.15) is 56.6 Å². The summed E-state index contributed by atoms with van der Waals surface area (Å²) >= 11 is 0. The van der Waals surface area contributed by atoms with E-state index in [9.17, 15) is 9.90 Å². The van der Waals surface area contributed by atoms with Gasteiger partial charge >= 0.3 is 0 Å². The minimum atomic E-state index is -0.0566. The first-order valence-corrected chi connectivity index (χ1v) is 11.8. The predicted octanol–water partition coefficient (Wildman–Crippen LogP) is 7.57. The van der Waals surface area contributed by atoms with Gasteiger partial charge in [-0.15, -0.1) is 0 Å². The highest BCUT2D eigenvalue weighted by molar-refractivity contribution is 6.08. The van der Waals surface area contributed by atoms with Gasteiger partial charge in [-0.3, -0.25) is 4.79 Å². The molecule has 0 unspecified atom stereocenters. The Bertz CT molecular complexity index is 1270. The number of aryl methyl sites for hydroxylation is 1. The summed E-state index contributed by atoms with van der Waals surface area (Å²) in [7, 11) is 0. The number of fused-ring (bicyclic) bond motifs is 3. The molecule has 0 atom stereocenters. The van der Waals surface area contributed by atoms with Gasteiger partial charge < -0.3 is 14.4 Å². The maximum Gasteiger partial charge on any atom is 0.298 e. The SMILES string of the molecule is CCCCCCCCn1c2ccccc2c2cc(C=Cc3ccc(O)c(OC=O)c3)ccc21. The summed E-state index contributed by atoms with van der Waals surface area (Å²) in [5.74, 6) is 0.0965. The topological polar surface area (TPSA) is 51.5 Å². The first kappa shape index (κ1) is 22.7. The highest BCUT2D eigenvalue weighted by Gasteiger charge is 2.10. The van der Waals surface area contributed by atoms with Crippen LogP contribution in [0, 0.1) is 0 Å². The van der Waals surface area contributed by atoms with Crippen molar-refractivity contribution < 1.29 is 14.6 Å². The number of unbranched alkanes of at least 4 members (excludes halogenated alkanes) is 5. The zero-order valence-corrected chi connectivity index (χ0v) is 19.2. The van der Waals surface area contributed by atoms with Crippen molar-refractivity contribution in [2.24, 2.45) is 0 Å². The van der Waals surface area contributed by atoms with Crippen molar-refractivity contribution in [3.05, 3.63) is 71.8 Å². The molecule has 0 aliphatic rings. The zero-order valence-electron chi connectivity index (χ0n) is 19.2. The predicted molar refractivity (Wildman–Crippen MR) is 137 cm³/mol. The van der Waals surface area contributed by atoms with Crippen LogP contribution in [0.5, 0.6) is 11.5 Å². The molecule has 4 heteroatoms. The van der Waals surface area contributed by atoms with E-state index in [-0.39, 0.29) is 11.5 Å². The lowest BCUT2D eigenvalue weighted by atomic mass is 10.1. The third-order valence-electron chi connectivity index (χ3n) is 6.16. The molecule has 33 heavy (non-hydrogen) atoms. The number of hydrogen-bond donors (Lipinski definition) is 1. The van der Waals surface area contributed by atoms with Crippen molar-refractivity contribution in [3.63, 3.8) is 0 Å². The van der Waals surface area contributed by atoms with Gasteiger partial charge in [-0.05, 0) is 47.9 Å². The van der Waals surface area contributed by atoms with Crippen LogP contribution in [0.3, 0.4) is 0 Å². The van der Waals surface area contributed by atoms with Crippen molar-refractivity contribution in [1.82, 2.24) is 4.57 Å². The lowest BCUT2D eigenvalue weighted by Gasteiger charge is -2.08. The fourth-order valence-electron chi connectivity index (χ4n) is 4.44. The molecule has 3 aromatic carbocycles. The number of phenols is 1. The number of nitrogens with zero attached hydrogens (tertiary/aromatic N) is 1. The smallest absolute Gasteiger partial charge is 0.298 e. The number of para-hydroxylation sites is 1. The third kappa shape index (κ3) is 5.28. The minimum Gasteiger partial charge on any atom is -0.504 e. The second-order valence-corrected chi connectivity index (χ2v) is 8.49. The van der Waals surface area contributed by atoms with Gasteiger partial charge in [0.25, 0.3) is 6.47 Å². The molecule has 4 nitrogen and oxygen atoms in total. The first-order chi connectivity index (χ1) is 16.2. The molecule has 0 radical (unpaired) electrons. The Hall–Kier alpha value is -3.53. The number of aromatic nitrogens is 1. The average Bonchev–Trinajstić information content (AvgIpc) is 3.15. The molecular formula is C29H31NO3. The molecule has 0 aliphatic carbocycles. The van der Waals surface area contributed by atoms with Gasteiger partial charge in [-0.1, -0.05) is 81.5 Å². The van der Waals surface area contributed by atoms with Crippen molar-refractivity contribution in [2.75, 3.05) is 0 Å². The summed E-state index contributed by atoms with van der Waals surface area (Å²) in [6.07, 6.45) is 11.7. The quantitative estimate of drug-likeness (QED) is 0.148. The van der Waals surface area contributed by atoms with E-state index < -0.39 is 0 Å². The number of carbonyl (C=O) groups is 1. The molecule has 0 saturated carbocycles.